The quantitative estimate of drug-likeness (QED) is 0.641. The second-order valence-electron chi connectivity index (χ2n) is 6.49. The summed E-state index contributed by atoms with van der Waals surface area (Å²) >= 11 is 3.50. The molecule has 1 aliphatic rings. The van der Waals surface area contributed by atoms with Crippen molar-refractivity contribution in [3.63, 3.8) is 0 Å². The van der Waals surface area contributed by atoms with Crippen LogP contribution in [0.5, 0.6) is 0 Å². The zero-order chi connectivity index (χ0) is 18.8. The Hall–Kier alpha value is -2.54. The van der Waals surface area contributed by atoms with E-state index < -0.39 is 0 Å². The molecule has 4 rings (SSSR count). The minimum atomic E-state index is -0.331. The number of halogens is 2. The van der Waals surface area contributed by atoms with Crippen molar-refractivity contribution >= 4 is 38.6 Å². The van der Waals surface area contributed by atoms with Gasteiger partial charge in [-0.15, -0.1) is 0 Å². The molecule has 2 aromatic carbocycles. The van der Waals surface area contributed by atoms with Crippen molar-refractivity contribution in [3.05, 3.63) is 64.6 Å². The molecule has 0 spiro atoms. The maximum absolute atomic E-state index is 13.8. The van der Waals surface area contributed by atoms with Gasteiger partial charge in [0.2, 0.25) is 5.91 Å². The molecule has 138 valence electrons. The molecule has 1 saturated heterocycles. The van der Waals surface area contributed by atoms with Gasteiger partial charge in [0, 0.05) is 36.0 Å². The smallest absolute Gasteiger partial charge is 0.227 e. The van der Waals surface area contributed by atoms with Crippen molar-refractivity contribution in [1.29, 1.82) is 0 Å². The average Bonchev–Trinajstić information content (AvgIpc) is 2.69. The highest BCUT2D eigenvalue weighted by atomic mass is 79.9. The number of carbonyl (C=O) groups excluding carboxylic acids is 1. The molecule has 1 amide bonds. The predicted octanol–water partition coefficient (Wildman–Crippen LogP) is 3.42. The van der Waals surface area contributed by atoms with E-state index in [2.05, 4.69) is 30.8 Å². The van der Waals surface area contributed by atoms with Gasteiger partial charge < -0.3 is 9.80 Å². The van der Waals surface area contributed by atoms with Gasteiger partial charge in [-0.05, 0) is 29.8 Å². The standard InChI is InChI=1S/C20H18BrFN4O/c21-15-5-6-18-16(12-15)20(24-13-23-18)26-9-7-25(8-10-26)19(27)11-14-3-1-2-4-17(14)22/h1-6,12-13H,7-11H2. The molecule has 0 aliphatic carbocycles. The third kappa shape index (κ3) is 3.78. The van der Waals surface area contributed by atoms with E-state index in [4.69, 9.17) is 0 Å². The number of benzene rings is 2. The molecular formula is C20H18BrFN4O. The lowest BCUT2D eigenvalue weighted by Crippen LogP contribution is -2.49. The number of anilines is 1. The molecule has 7 heteroatoms. The minimum absolute atomic E-state index is 0.0463. The Morgan fingerprint density at radius 3 is 2.63 bits per heavy atom. The third-order valence-electron chi connectivity index (χ3n) is 4.81. The van der Waals surface area contributed by atoms with E-state index in [1.165, 1.54) is 6.07 Å². The van der Waals surface area contributed by atoms with Crippen molar-refractivity contribution in [2.75, 3.05) is 31.1 Å². The minimum Gasteiger partial charge on any atom is -0.352 e. The summed E-state index contributed by atoms with van der Waals surface area (Å²) in [5, 5.41) is 0.984. The Labute approximate surface area is 165 Å². The highest BCUT2D eigenvalue weighted by Crippen LogP contribution is 2.26. The summed E-state index contributed by atoms with van der Waals surface area (Å²) in [4.78, 5) is 25.3. The number of rotatable bonds is 3. The fraction of sp³-hybridized carbons (Fsp3) is 0.250. The summed E-state index contributed by atoms with van der Waals surface area (Å²) in [7, 11) is 0. The molecule has 1 fully saturated rings. The van der Waals surface area contributed by atoms with Crippen LogP contribution < -0.4 is 4.90 Å². The summed E-state index contributed by atoms with van der Waals surface area (Å²) in [6.07, 6.45) is 1.66. The molecule has 0 bridgehead atoms. The third-order valence-corrected chi connectivity index (χ3v) is 5.30. The van der Waals surface area contributed by atoms with Gasteiger partial charge >= 0.3 is 0 Å². The van der Waals surface area contributed by atoms with Gasteiger partial charge in [0.15, 0.2) is 0 Å². The van der Waals surface area contributed by atoms with E-state index in [1.54, 1.807) is 29.4 Å². The summed E-state index contributed by atoms with van der Waals surface area (Å²) in [6, 6.07) is 12.4. The molecule has 0 N–H and O–H groups in total. The fourth-order valence-corrected chi connectivity index (χ4v) is 3.71. The Morgan fingerprint density at radius 1 is 1.07 bits per heavy atom. The van der Waals surface area contributed by atoms with E-state index in [9.17, 15) is 9.18 Å². The number of carbonyl (C=O) groups is 1. The molecule has 2 heterocycles. The van der Waals surface area contributed by atoms with Crippen LogP contribution in [0, 0.1) is 5.82 Å². The Kier molecular flexibility index (Phi) is 5.03. The van der Waals surface area contributed by atoms with Crippen LogP contribution >= 0.6 is 15.9 Å². The van der Waals surface area contributed by atoms with Crippen molar-refractivity contribution in [2.24, 2.45) is 0 Å². The fourth-order valence-electron chi connectivity index (χ4n) is 3.35. The molecular weight excluding hydrogens is 411 g/mol. The van der Waals surface area contributed by atoms with Gasteiger partial charge in [0.1, 0.15) is 18.0 Å². The first kappa shape index (κ1) is 17.9. The zero-order valence-corrected chi connectivity index (χ0v) is 16.2. The van der Waals surface area contributed by atoms with Crippen LogP contribution in [0.25, 0.3) is 10.9 Å². The highest BCUT2D eigenvalue weighted by Gasteiger charge is 2.23. The van der Waals surface area contributed by atoms with E-state index in [1.807, 2.05) is 18.2 Å². The molecule has 5 nitrogen and oxygen atoms in total. The van der Waals surface area contributed by atoms with Crippen LogP contribution in [0.1, 0.15) is 5.56 Å². The van der Waals surface area contributed by atoms with E-state index in [-0.39, 0.29) is 18.1 Å². The number of hydrogen-bond donors (Lipinski definition) is 0. The number of nitrogens with zero attached hydrogens (tertiary/aromatic N) is 4. The van der Waals surface area contributed by atoms with E-state index in [0.29, 0.717) is 31.7 Å². The largest absolute Gasteiger partial charge is 0.352 e. The second-order valence-corrected chi connectivity index (χ2v) is 7.41. The predicted molar refractivity (Wildman–Crippen MR) is 106 cm³/mol. The van der Waals surface area contributed by atoms with Gasteiger partial charge in [-0.1, -0.05) is 34.1 Å². The van der Waals surface area contributed by atoms with Crippen LogP contribution in [0.4, 0.5) is 10.2 Å². The topological polar surface area (TPSA) is 49.3 Å². The Morgan fingerprint density at radius 2 is 1.85 bits per heavy atom. The first-order valence-electron chi connectivity index (χ1n) is 8.78. The number of piperazine rings is 1. The first-order valence-corrected chi connectivity index (χ1v) is 9.57. The normalized spacial score (nSPS) is 14.6. The summed E-state index contributed by atoms with van der Waals surface area (Å²) in [5.41, 5.74) is 1.33. The van der Waals surface area contributed by atoms with Crippen LogP contribution in [-0.4, -0.2) is 47.0 Å². The van der Waals surface area contributed by atoms with Crippen molar-refractivity contribution in [2.45, 2.75) is 6.42 Å². The first-order chi connectivity index (χ1) is 13.1. The Bertz CT molecular complexity index is 989. The van der Waals surface area contributed by atoms with E-state index in [0.717, 1.165) is 21.2 Å². The molecule has 0 saturated carbocycles. The molecule has 1 aliphatic heterocycles. The van der Waals surface area contributed by atoms with Crippen LogP contribution in [0.2, 0.25) is 0 Å². The molecule has 1 aromatic heterocycles. The summed E-state index contributed by atoms with van der Waals surface area (Å²) in [5.74, 6) is 0.500. The average molecular weight is 429 g/mol. The lowest BCUT2D eigenvalue weighted by molar-refractivity contribution is -0.130. The lowest BCUT2D eigenvalue weighted by Gasteiger charge is -2.35. The van der Waals surface area contributed by atoms with Gasteiger partial charge in [0.25, 0.3) is 0 Å². The number of hydrogen-bond acceptors (Lipinski definition) is 4. The summed E-state index contributed by atoms with van der Waals surface area (Å²) in [6.45, 7) is 2.54. The molecule has 27 heavy (non-hydrogen) atoms. The maximum atomic E-state index is 13.8. The van der Waals surface area contributed by atoms with Gasteiger partial charge in [-0.3, -0.25) is 4.79 Å². The Balaban J connectivity index is 1.46. The molecule has 0 atom stereocenters. The van der Waals surface area contributed by atoms with Crippen LogP contribution in [0.15, 0.2) is 53.3 Å². The molecule has 3 aromatic rings. The van der Waals surface area contributed by atoms with Crippen molar-refractivity contribution in [3.8, 4) is 0 Å². The van der Waals surface area contributed by atoms with Gasteiger partial charge in [-0.25, -0.2) is 14.4 Å². The maximum Gasteiger partial charge on any atom is 0.227 e. The monoisotopic (exact) mass is 428 g/mol. The number of fused-ring (bicyclic) bond motifs is 1. The second kappa shape index (κ2) is 7.60. The van der Waals surface area contributed by atoms with Crippen LogP contribution in [-0.2, 0) is 11.2 Å². The molecule has 0 radical (unpaired) electrons. The van der Waals surface area contributed by atoms with Crippen LogP contribution in [0.3, 0.4) is 0 Å². The van der Waals surface area contributed by atoms with E-state index >= 15 is 0 Å². The lowest BCUT2D eigenvalue weighted by atomic mass is 10.1. The van der Waals surface area contributed by atoms with Crippen molar-refractivity contribution in [1.82, 2.24) is 14.9 Å². The molecule has 0 unspecified atom stereocenters. The van der Waals surface area contributed by atoms with Crippen molar-refractivity contribution < 1.29 is 9.18 Å². The van der Waals surface area contributed by atoms with Gasteiger partial charge in [0.05, 0.1) is 11.9 Å². The summed E-state index contributed by atoms with van der Waals surface area (Å²) < 4.78 is 14.8. The van der Waals surface area contributed by atoms with Gasteiger partial charge in [-0.2, -0.15) is 0 Å². The SMILES string of the molecule is O=C(Cc1ccccc1F)N1CCN(c2ncnc3ccc(Br)cc23)CC1. The number of amides is 1. The number of aromatic nitrogens is 2. The highest BCUT2D eigenvalue weighted by molar-refractivity contribution is 9.10. The zero-order valence-electron chi connectivity index (χ0n) is 14.6.